The maximum absolute atomic E-state index is 14.2. The normalized spacial score (nSPS) is 10.4. The first-order valence-corrected chi connectivity index (χ1v) is 8.38. The van der Waals surface area contributed by atoms with Crippen LogP contribution in [0.5, 0.6) is 11.5 Å². The van der Waals surface area contributed by atoms with Crippen molar-refractivity contribution in [1.29, 1.82) is 0 Å². The van der Waals surface area contributed by atoms with Gasteiger partial charge in [0.15, 0.2) is 0 Å². The van der Waals surface area contributed by atoms with Crippen LogP contribution in [0.2, 0.25) is 0 Å². The number of unbranched alkanes of at least 4 members (excludes halogenated alkanes) is 2. The van der Waals surface area contributed by atoms with E-state index >= 15 is 0 Å². The molecule has 0 fully saturated rings. The monoisotopic (exact) mass is 345 g/mol. The van der Waals surface area contributed by atoms with Gasteiger partial charge in [-0.05, 0) is 49.2 Å². The fraction of sp³-hybridized carbons (Fsp3) is 0.316. The molecular weight excluding hydrogens is 321 g/mol. The number of anilines is 2. The van der Waals surface area contributed by atoms with Crippen LogP contribution in [0.3, 0.4) is 0 Å². The van der Waals surface area contributed by atoms with Crippen molar-refractivity contribution in [2.45, 2.75) is 33.1 Å². The second-order valence-corrected chi connectivity index (χ2v) is 5.86. The number of carbonyl (C=O) groups excluding carboxylic acids is 1. The number of hydrogen-bond acceptors (Lipinski definition) is 3. The van der Waals surface area contributed by atoms with Gasteiger partial charge in [0.2, 0.25) is 0 Å². The average molecular weight is 345 g/mol. The smallest absolute Gasteiger partial charge is 0.319 e. The lowest BCUT2D eigenvalue weighted by Gasteiger charge is -2.12. The minimum atomic E-state index is -0.561. The molecule has 0 atom stereocenters. The van der Waals surface area contributed by atoms with E-state index in [1.807, 2.05) is 6.92 Å². The molecule has 0 heterocycles. The molecule has 0 unspecified atom stereocenters. The van der Waals surface area contributed by atoms with Gasteiger partial charge < -0.3 is 21.1 Å². The molecule has 5 nitrogen and oxygen atoms in total. The van der Waals surface area contributed by atoms with Crippen LogP contribution in [0.1, 0.15) is 31.7 Å². The number of carbonyl (C=O) groups is 1. The Bertz CT molecular complexity index is 735. The number of aryl methyl sites for hydroxylation is 1. The first-order valence-electron chi connectivity index (χ1n) is 8.38. The van der Waals surface area contributed by atoms with Crippen LogP contribution in [-0.2, 0) is 0 Å². The van der Waals surface area contributed by atoms with E-state index in [1.165, 1.54) is 12.1 Å². The van der Waals surface area contributed by atoms with Crippen LogP contribution in [0, 0.1) is 12.7 Å². The highest BCUT2D eigenvalue weighted by Gasteiger charge is 2.09. The molecule has 0 saturated heterocycles. The number of amides is 2. The number of nitrogens with one attached hydrogen (secondary N) is 2. The van der Waals surface area contributed by atoms with E-state index in [1.54, 1.807) is 24.3 Å². The summed E-state index contributed by atoms with van der Waals surface area (Å²) in [6.45, 7) is 4.52. The van der Waals surface area contributed by atoms with Crippen molar-refractivity contribution < 1.29 is 13.9 Å². The highest BCUT2D eigenvalue weighted by Crippen LogP contribution is 2.28. The highest BCUT2D eigenvalue weighted by molar-refractivity contribution is 5.89. The molecule has 2 amide bonds. The second-order valence-electron chi connectivity index (χ2n) is 5.86. The molecule has 0 spiro atoms. The molecule has 0 aliphatic heterocycles. The number of hydrogen-bond donors (Lipinski definition) is 3. The van der Waals surface area contributed by atoms with Crippen molar-refractivity contribution in [3.63, 3.8) is 0 Å². The van der Waals surface area contributed by atoms with E-state index in [9.17, 15) is 9.18 Å². The lowest BCUT2D eigenvalue weighted by molar-refractivity contribution is 0.251. The fourth-order valence-corrected chi connectivity index (χ4v) is 2.32. The Morgan fingerprint density at radius 1 is 1.20 bits per heavy atom. The summed E-state index contributed by atoms with van der Waals surface area (Å²) in [7, 11) is 0. The van der Waals surface area contributed by atoms with E-state index in [2.05, 4.69) is 17.6 Å². The molecule has 6 heteroatoms. The zero-order chi connectivity index (χ0) is 18.2. The van der Waals surface area contributed by atoms with E-state index in [0.29, 0.717) is 23.7 Å². The van der Waals surface area contributed by atoms with E-state index in [-0.39, 0.29) is 5.69 Å². The number of benzene rings is 2. The Hall–Kier alpha value is -2.76. The molecule has 134 valence electrons. The van der Waals surface area contributed by atoms with Crippen LogP contribution < -0.4 is 21.1 Å². The first-order chi connectivity index (χ1) is 12.0. The molecule has 25 heavy (non-hydrogen) atoms. The van der Waals surface area contributed by atoms with Crippen LogP contribution in [0.15, 0.2) is 36.4 Å². The molecule has 0 saturated carbocycles. The molecule has 0 aliphatic carbocycles. The van der Waals surface area contributed by atoms with Gasteiger partial charge in [-0.1, -0.05) is 19.8 Å². The first kappa shape index (κ1) is 18.6. The van der Waals surface area contributed by atoms with Crippen molar-refractivity contribution in [1.82, 2.24) is 5.32 Å². The highest BCUT2D eigenvalue weighted by atomic mass is 19.1. The standard InChI is InChI=1S/C19H24FN3O2/c1-3-4-5-10-22-19(24)23-17-8-7-15(12-16(17)20)25-18-9-6-14(21)11-13(18)2/h6-9,11-12H,3-5,10,21H2,1-2H3,(H2,22,23,24). The quantitative estimate of drug-likeness (QED) is 0.497. The van der Waals surface area contributed by atoms with Crippen molar-refractivity contribution in [2.75, 3.05) is 17.6 Å². The third-order valence-electron chi connectivity index (χ3n) is 3.68. The molecule has 4 N–H and O–H groups in total. The van der Waals surface area contributed by atoms with Gasteiger partial charge in [-0.3, -0.25) is 0 Å². The molecule has 0 aromatic heterocycles. The largest absolute Gasteiger partial charge is 0.457 e. The number of urea groups is 1. The number of halogens is 1. The molecule has 2 aromatic rings. The zero-order valence-corrected chi connectivity index (χ0v) is 14.6. The summed E-state index contributed by atoms with van der Waals surface area (Å²) >= 11 is 0. The average Bonchev–Trinajstić information content (AvgIpc) is 2.57. The molecular formula is C19H24FN3O2. The Kier molecular flexibility index (Phi) is 6.62. The summed E-state index contributed by atoms with van der Waals surface area (Å²) in [4.78, 5) is 11.7. The van der Waals surface area contributed by atoms with Gasteiger partial charge in [0, 0.05) is 18.3 Å². The van der Waals surface area contributed by atoms with Gasteiger partial charge in [-0.25, -0.2) is 9.18 Å². The van der Waals surface area contributed by atoms with Crippen LogP contribution in [0.25, 0.3) is 0 Å². The van der Waals surface area contributed by atoms with Crippen LogP contribution >= 0.6 is 0 Å². The maximum Gasteiger partial charge on any atom is 0.319 e. The number of nitrogen functional groups attached to an aromatic ring is 1. The molecule has 0 radical (unpaired) electrons. The fourth-order valence-electron chi connectivity index (χ4n) is 2.32. The van der Waals surface area contributed by atoms with Crippen molar-refractivity contribution in [2.24, 2.45) is 0 Å². The maximum atomic E-state index is 14.2. The number of ether oxygens (including phenoxy) is 1. The van der Waals surface area contributed by atoms with E-state index in [0.717, 1.165) is 24.8 Å². The molecule has 2 aromatic carbocycles. The summed E-state index contributed by atoms with van der Waals surface area (Å²) in [6, 6.07) is 9.13. The van der Waals surface area contributed by atoms with E-state index < -0.39 is 11.8 Å². The summed E-state index contributed by atoms with van der Waals surface area (Å²) in [5.74, 6) is 0.386. The summed E-state index contributed by atoms with van der Waals surface area (Å²) in [5.41, 5.74) is 7.30. The SMILES string of the molecule is CCCCCNC(=O)Nc1ccc(Oc2ccc(N)cc2C)cc1F. The Labute approximate surface area is 147 Å². The molecule has 0 bridgehead atoms. The van der Waals surface area contributed by atoms with Gasteiger partial charge in [-0.15, -0.1) is 0 Å². The predicted octanol–water partition coefficient (Wildman–Crippen LogP) is 4.82. The van der Waals surface area contributed by atoms with Crippen LogP contribution in [-0.4, -0.2) is 12.6 Å². The summed E-state index contributed by atoms with van der Waals surface area (Å²) < 4.78 is 19.9. The Morgan fingerprint density at radius 3 is 2.68 bits per heavy atom. The van der Waals surface area contributed by atoms with Gasteiger partial charge >= 0.3 is 6.03 Å². The van der Waals surface area contributed by atoms with Gasteiger partial charge in [-0.2, -0.15) is 0 Å². The second kappa shape index (κ2) is 8.92. The Morgan fingerprint density at radius 2 is 2.00 bits per heavy atom. The lowest BCUT2D eigenvalue weighted by Crippen LogP contribution is -2.29. The van der Waals surface area contributed by atoms with Gasteiger partial charge in [0.1, 0.15) is 17.3 Å². The third-order valence-corrected chi connectivity index (χ3v) is 3.68. The van der Waals surface area contributed by atoms with Crippen molar-refractivity contribution in [3.05, 3.63) is 47.8 Å². The topological polar surface area (TPSA) is 76.4 Å². The van der Waals surface area contributed by atoms with Crippen molar-refractivity contribution in [3.8, 4) is 11.5 Å². The van der Waals surface area contributed by atoms with Gasteiger partial charge in [0.05, 0.1) is 5.69 Å². The lowest BCUT2D eigenvalue weighted by atomic mass is 10.2. The minimum Gasteiger partial charge on any atom is -0.457 e. The van der Waals surface area contributed by atoms with Crippen LogP contribution in [0.4, 0.5) is 20.6 Å². The third kappa shape index (κ3) is 5.67. The van der Waals surface area contributed by atoms with Crippen molar-refractivity contribution >= 4 is 17.4 Å². The zero-order valence-electron chi connectivity index (χ0n) is 14.6. The molecule has 2 rings (SSSR count). The Balaban J connectivity index is 1.96. The number of rotatable bonds is 7. The van der Waals surface area contributed by atoms with E-state index in [4.69, 9.17) is 10.5 Å². The number of nitrogens with two attached hydrogens (primary N) is 1. The predicted molar refractivity (Wildman–Crippen MR) is 98.6 cm³/mol. The minimum absolute atomic E-state index is 0.106. The van der Waals surface area contributed by atoms with Gasteiger partial charge in [0.25, 0.3) is 0 Å². The summed E-state index contributed by atoms with van der Waals surface area (Å²) in [5, 5.41) is 5.20. The molecule has 0 aliphatic rings. The summed E-state index contributed by atoms with van der Waals surface area (Å²) in [6.07, 6.45) is 3.03.